The lowest BCUT2D eigenvalue weighted by molar-refractivity contribution is -0.130. The molecule has 1 heterocycles. The predicted molar refractivity (Wildman–Crippen MR) is 84.9 cm³/mol. The Kier molecular flexibility index (Phi) is 5.92. The van der Waals surface area contributed by atoms with E-state index >= 15 is 0 Å². The third kappa shape index (κ3) is 3.84. The van der Waals surface area contributed by atoms with Crippen molar-refractivity contribution in [1.82, 2.24) is 4.90 Å². The summed E-state index contributed by atoms with van der Waals surface area (Å²) in [6.45, 7) is 1.82. The Morgan fingerprint density at radius 3 is 2.14 bits per heavy atom. The zero-order valence-corrected chi connectivity index (χ0v) is 13.7. The Bertz CT molecular complexity index is 484. The molecule has 0 bridgehead atoms. The molecule has 22 heavy (non-hydrogen) atoms. The number of carbonyl (C=O) groups excluding carboxylic acids is 1. The van der Waals surface area contributed by atoms with Crippen molar-refractivity contribution in [2.24, 2.45) is 0 Å². The van der Waals surface area contributed by atoms with Crippen molar-refractivity contribution in [3.05, 3.63) is 17.7 Å². The van der Waals surface area contributed by atoms with Gasteiger partial charge in [0.15, 0.2) is 0 Å². The third-order valence-electron chi connectivity index (χ3n) is 4.09. The fourth-order valence-corrected chi connectivity index (χ4v) is 2.87. The summed E-state index contributed by atoms with van der Waals surface area (Å²) in [5, 5.41) is 0. The van der Waals surface area contributed by atoms with Crippen molar-refractivity contribution in [2.45, 2.75) is 32.1 Å². The summed E-state index contributed by atoms with van der Waals surface area (Å²) in [5.41, 5.74) is 0.986. The summed E-state index contributed by atoms with van der Waals surface area (Å²) in [4.78, 5) is 14.0. The van der Waals surface area contributed by atoms with E-state index in [1.165, 1.54) is 0 Å². The smallest absolute Gasteiger partial charge is 0.222 e. The van der Waals surface area contributed by atoms with Gasteiger partial charge in [-0.25, -0.2) is 0 Å². The van der Waals surface area contributed by atoms with Gasteiger partial charge in [0.2, 0.25) is 5.91 Å². The molecule has 0 unspecified atom stereocenters. The summed E-state index contributed by atoms with van der Waals surface area (Å²) in [5.74, 6) is 2.43. The van der Waals surface area contributed by atoms with Crippen LogP contribution in [0.3, 0.4) is 0 Å². The maximum absolute atomic E-state index is 12.1. The Balaban J connectivity index is 2.00. The van der Waals surface area contributed by atoms with Gasteiger partial charge in [0.25, 0.3) is 0 Å². The average Bonchev–Trinajstić information content (AvgIpc) is 3.09. The SMILES string of the molecule is COc1cc(OC)c(CCCC(=O)N2CCCC2)c(OC)c1. The molecule has 1 aromatic carbocycles. The zero-order chi connectivity index (χ0) is 15.9. The average molecular weight is 307 g/mol. The first-order valence-electron chi connectivity index (χ1n) is 7.76. The maximum Gasteiger partial charge on any atom is 0.222 e. The van der Waals surface area contributed by atoms with Crippen molar-refractivity contribution < 1.29 is 19.0 Å². The first-order valence-corrected chi connectivity index (χ1v) is 7.76. The number of ether oxygens (including phenoxy) is 3. The van der Waals surface area contributed by atoms with Gasteiger partial charge in [-0.3, -0.25) is 4.79 Å². The van der Waals surface area contributed by atoms with Crippen LogP contribution in [0.2, 0.25) is 0 Å². The van der Waals surface area contributed by atoms with Crippen LogP contribution in [0.15, 0.2) is 12.1 Å². The molecule has 5 heteroatoms. The summed E-state index contributed by atoms with van der Waals surface area (Å²) >= 11 is 0. The van der Waals surface area contributed by atoms with Gasteiger partial charge in [-0.15, -0.1) is 0 Å². The third-order valence-corrected chi connectivity index (χ3v) is 4.09. The van der Waals surface area contributed by atoms with Crippen LogP contribution < -0.4 is 14.2 Å². The maximum atomic E-state index is 12.1. The molecular formula is C17H25NO4. The number of nitrogens with zero attached hydrogens (tertiary/aromatic N) is 1. The van der Waals surface area contributed by atoms with Gasteiger partial charge in [-0.05, 0) is 25.7 Å². The first-order chi connectivity index (χ1) is 10.7. The minimum absolute atomic E-state index is 0.254. The van der Waals surface area contributed by atoms with Gasteiger partial charge >= 0.3 is 0 Å². The molecule has 0 aliphatic carbocycles. The van der Waals surface area contributed by atoms with Gasteiger partial charge in [-0.1, -0.05) is 0 Å². The Hall–Kier alpha value is -1.91. The molecule has 1 aliphatic heterocycles. The van der Waals surface area contributed by atoms with E-state index in [1.807, 2.05) is 17.0 Å². The Morgan fingerprint density at radius 2 is 1.64 bits per heavy atom. The summed E-state index contributed by atoms with van der Waals surface area (Å²) in [6.07, 6.45) is 4.36. The van der Waals surface area contributed by atoms with Crippen molar-refractivity contribution >= 4 is 5.91 Å². The number of methoxy groups -OCH3 is 3. The summed E-state index contributed by atoms with van der Waals surface area (Å²) < 4.78 is 16.1. The molecule has 1 fully saturated rings. The van der Waals surface area contributed by atoms with E-state index in [9.17, 15) is 4.79 Å². The van der Waals surface area contributed by atoms with E-state index in [4.69, 9.17) is 14.2 Å². The molecule has 122 valence electrons. The molecule has 5 nitrogen and oxygen atoms in total. The van der Waals surface area contributed by atoms with Crippen LogP contribution in [0.4, 0.5) is 0 Å². The van der Waals surface area contributed by atoms with Crippen molar-refractivity contribution in [2.75, 3.05) is 34.4 Å². The van der Waals surface area contributed by atoms with E-state index in [0.29, 0.717) is 12.2 Å². The van der Waals surface area contributed by atoms with Crippen LogP contribution in [0.25, 0.3) is 0 Å². The molecule has 0 radical (unpaired) electrons. The van der Waals surface area contributed by atoms with Gasteiger partial charge in [0, 0.05) is 37.2 Å². The number of hydrogen-bond donors (Lipinski definition) is 0. The molecule has 0 N–H and O–H groups in total. The number of benzene rings is 1. The second-order valence-corrected chi connectivity index (χ2v) is 5.45. The Morgan fingerprint density at radius 1 is 1.05 bits per heavy atom. The van der Waals surface area contributed by atoms with Crippen LogP contribution >= 0.6 is 0 Å². The fourth-order valence-electron chi connectivity index (χ4n) is 2.87. The molecule has 0 atom stereocenters. The highest BCUT2D eigenvalue weighted by Crippen LogP contribution is 2.35. The quantitative estimate of drug-likeness (QED) is 0.777. The number of amides is 1. The van der Waals surface area contributed by atoms with Crippen LogP contribution in [0.5, 0.6) is 17.2 Å². The van der Waals surface area contributed by atoms with E-state index in [-0.39, 0.29) is 5.91 Å². The van der Waals surface area contributed by atoms with E-state index in [1.54, 1.807) is 21.3 Å². The van der Waals surface area contributed by atoms with Crippen LogP contribution in [0, 0.1) is 0 Å². The highest BCUT2D eigenvalue weighted by atomic mass is 16.5. The van der Waals surface area contributed by atoms with Gasteiger partial charge in [-0.2, -0.15) is 0 Å². The van der Waals surface area contributed by atoms with Crippen LogP contribution in [0.1, 0.15) is 31.2 Å². The molecule has 1 aromatic rings. The predicted octanol–water partition coefficient (Wildman–Crippen LogP) is 2.66. The normalized spacial score (nSPS) is 14.0. The molecule has 0 aromatic heterocycles. The second kappa shape index (κ2) is 7.92. The molecular weight excluding hydrogens is 282 g/mol. The van der Waals surface area contributed by atoms with Gasteiger partial charge < -0.3 is 19.1 Å². The van der Waals surface area contributed by atoms with E-state index < -0.39 is 0 Å². The Labute approximate surface area is 132 Å². The minimum atomic E-state index is 0.254. The molecule has 0 spiro atoms. The number of likely N-dealkylation sites (tertiary alicyclic amines) is 1. The minimum Gasteiger partial charge on any atom is -0.496 e. The van der Waals surface area contributed by atoms with E-state index in [2.05, 4.69) is 0 Å². The van der Waals surface area contributed by atoms with Gasteiger partial charge in [0.1, 0.15) is 17.2 Å². The molecule has 1 aliphatic rings. The highest BCUT2D eigenvalue weighted by molar-refractivity contribution is 5.76. The molecule has 0 saturated carbocycles. The van der Waals surface area contributed by atoms with Crippen molar-refractivity contribution in [1.29, 1.82) is 0 Å². The highest BCUT2D eigenvalue weighted by Gasteiger charge is 2.18. The van der Waals surface area contributed by atoms with Crippen LogP contribution in [-0.2, 0) is 11.2 Å². The zero-order valence-electron chi connectivity index (χ0n) is 13.7. The largest absolute Gasteiger partial charge is 0.496 e. The lowest BCUT2D eigenvalue weighted by Gasteiger charge is -2.17. The monoisotopic (exact) mass is 307 g/mol. The fraction of sp³-hybridized carbons (Fsp3) is 0.588. The topological polar surface area (TPSA) is 48.0 Å². The lowest BCUT2D eigenvalue weighted by atomic mass is 10.0. The standard InChI is InChI=1S/C17H25NO4/c1-20-13-11-15(21-2)14(16(12-13)22-3)7-6-8-17(19)18-9-4-5-10-18/h11-12H,4-10H2,1-3H3. The van der Waals surface area contributed by atoms with E-state index in [0.717, 1.165) is 55.8 Å². The molecule has 1 amide bonds. The van der Waals surface area contributed by atoms with Crippen LogP contribution in [-0.4, -0.2) is 45.2 Å². The van der Waals surface area contributed by atoms with Gasteiger partial charge in [0.05, 0.1) is 21.3 Å². The molecule has 1 saturated heterocycles. The van der Waals surface area contributed by atoms with Crippen molar-refractivity contribution in [3.63, 3.8) is 0 Å². The van der Waals surface area contributed by atoms with Crippen molar-refractivity contribution in [3.8, 4) is 17.2 Å². The first kappa shape index (κ1) is 16.5. The lowest BCUT2D eigenvalue weighted by Crippen LogP contribution is -2.27. The number of carbonyl (C=O) groups is 1. The molecule has 2 rings (SSSR count). The number of rotatable bonds is 7. The number of hydrogen-bond acceptors (Lipinski definition) is 4. The summed E-state index contributed by atoms with van der Waals surface area (Å²) in [7, 11) is 4.88. The second-order valence-electron chi connectivity index (χ2n) is 5.45. The summed E-state index contributed by atoms with van der Waals surface area (Å²) in [6, 6.07) is 3.69.